The zero-order valence-electron chi connectivity index (χ0n) is 14.3. The molecule has 132 valence electrons. The number of nitrogens with zero attached hydrogens (tertiary/aromatic N) is 2. The van der Waals surface area contributed by atoms with Crippen LogP contribution in [0.25, 0.3) is 11.3 Å². The predicted molar refractivity (Wildman–Crippen MR) is 100 cm³/mol. The summed E-state index contributed by atoms with van der Waals surface area (Å²) in [6, 6.07) is 13.5. The first-order chi connectivity index (χ1) is 12.6. The monoisotopic (exact) mass is 367 g/mol. The van der Waals surface area contributed by atoms with Gasteiger partial charge in [-0.25, -0.2) is 0 Å². The van der Waals surface area contributed by atoms with Crippen LogP contribution in [0.3, 0.4) is 0 Å². The summed E-state index contributed by atoms with van der Waals surface area (Å²) in [7, 11) is 0. The number of carbonyl (C=O) groups excluding carboxylic acids is 1. The van der Waals surface area contributed by atoms with E-state index in [2.05, 4.69) is 16.5 Å². The van der Waals surface area contributed by atoms with E-state index in [1.165, 1.54) is 0 Å². The smallest absolute Gasteiger partial charge is 0.242 e. The van der Waals surface area contributed by atoms with Gasteiger partial charge < -0.3 is 10.1 Å². The van der Waals surface area contributed by atoms with Crippen LogP contribution < -0.4 is 10.1 Å². The van der Waals surface area contributed by atoms with Gasteiger partial charge in [0.25, 0.3) is 0 Å². The van der Waals surface area contributed by atoms with E-state index in [0.717, 1.165) is 33.7 Å². The van der Waals surface area contributed by atoms with E-state index in [1.807, 2.05) is 43.3 Å². The maximum atomic E-state index is 12.4. The molecule has 5 nitrogen and oxygen atoms in total. The van der Waals surface area contributed by atoms with Crippen molar-refractivity contribution in [3.8, 4) is 17.0 Å². The fourth-order valence-corrected chi connectivity index (χ4v) is 3.32. The highest BCUT2D eigenvalue weighted by Crippen LogP contribution is 2.37. The molecule has 4 rings (SSSR count). The average Bonchev–Trinajstić information content (AvgIpc) is 3.03. The van der Waals surface area contributed by atoms with E-state index >= 15 is 0 Å². The molecule has 0 atom stereocenters. The lowest BCUT2D eigenvalue weighted by Crippen LogP contribution is -2.28. The van der Waals surface area contributed by atoms with Crippen molar-refractivity contribution in [2.24, 2.45) is 0 Å². The molecule has 0 spiro atoms. The number of aryl methyl sites for hydroxylation is 1. The van der Waals surface area contributed by atoms with Crippen LogP contribution >= 0.6 is 11.6 Å². The molecule has 0 saturated heterocycles. The van der Waals surface area contributed by atoms with E-state index in [9.17, 15) is 4.79 Å². The van der Waals surface area contributed by atoms with Gasteiger partial charge in [-0.2, -0.15) is 5.10 Å². The first-order valence-corrected chi connectivity index (χ1v) is 8.77. The van der Waals surface area contributed by atoms with Gasteiger partial charge in [-0.3, -0.25) is 9.48 Å². The average molecular weight is 368 g/mol. The number of hydrogen-bond acceptors (Lipinski definition) is 3. The van der Waals surface area contributed by atoms with Gasteiger partial charge in [0.15, 0.2) is 0 Å². The topological polar surface area (TPSA) is 56.2 Å². The van der Waals surface area contributed by atoms with E-state index in [-0.39, 0.29) is 12.5 Å². The van der Waals surface area contributed by atoms with Gasteiger partial charge >= 0.3 is 0 Å². The quantitative estimate of drug-likeness (QED) is 0.764. The van der Waals surface area contributed by atoms with E-state index in [0.29, 0.717) is 18.2 Å². The number of halogens is 1. The summed E-state index contributed by atoms with van der Waals surface area (Å²) >= 11 is 5.98. The van der Waals surface area contributed by atoms with Gasteiger partial charge in [-0.15, -0.1) is 0 Å². The lowest BCUT2D eigenvalue weighted by Gasteiger charge is -2.19. The number of rotatable bonds is 4. The van der Waals surface area contributed by atoms with Crippen LogP contribution in [0.2, 0.25) is 5.02 Å². The molecule has 3 aromatic rings. The summed E-state index contributed by atoms with van der Waals surface area (Å²) in [6.07, 6.45) is 1.77. The minimum Gasteiger partial charge on any atom is -0.488 e. The number of nitrogens with one attached hydrogen (secondary N) is 1. The minimum atomic E-state index is -0.100. The molecule has 26 heavy (non-hydrogen) atoms. The van der Waals surface area contributed by atoms with Crippen molar-refractivity contribution >= 4 is 17.5 Å². The summed E-state index contributed by atoms with van der Waals surface area (Å²) in [4.78, 5) is 12.4. The maximum absolute atomic E-state index is 12.4. The van der Waals surface area contributed by atoms with Crippen LogP contribution in [0.1, 0.15) is 16.7 Å². The van der Waals surface area contributed by atoms with Gasteiger partial charge in [0.1, 0.15) is 18.9 Å². The summed E-state index contributed by atoms with van der Waals surface area (Å²) in [5, 5.41) is 7.96. The zero-order chi connectivity index (χ0) is 18.1. The molecule has 0 saturated carbocycles. The van der Waals surface area contributed by atoms with Crippen molar-refractivity contribution in [2.75, 3.05) is 0 Å². The number of amides is 1. The molecule has 2 aromatic carbocycles. The van der Waals surface area contributed by atoms with Crippen molar-refractivity contribution in [1.29, 1.82) is 0 Å². The Morgan fingerprint density at radius 2 is 2.19 bits per heavy atom. The largest absolute Gasteiger partial charge is 0.488 e. The summed E-state index contributed by atoms with van der Waals surface area (Å²) < 4.78 is 7.51. The van der Waals surface area contributed by atoms with Crippen molar-refractivity contribution in [3.63, 3.8) is 0 Å². The van der Waals surface area contributed by atoms with Gasteiger partial charge in [0.2, 0.25) is 5.91 Å². The second kappa shape index (κ2) is 6.84. The Balaban J connectivity index is 1.51. The molecule has 0 unspecified atom stereocenters. The molecule has 1 amide bonds. The predicted octanol–water partition coefficient (Wildman–Crippen LogP) is 3.72. The van der Waals surface area contributed by atoms with Gasteiger partial charge in [0, 0.05) is 22.7 Å². The van der Waals surface area contributed by atoms with Crippen LogP contribution in [0.4, 0.5) is 0 Å². The highest BCUT2D eigenvalue weighted by Gasteiger charge is 2.23. The van der Waals surface area contributed by atoms with Crippen LogP contribution in [0.5, 0.6) is 5.75 Å². The molecule has 1 aliphatic heterocycles. The lowest BCUT2D eigenvalue weighted by atomic mass is 10.0. The Kier molecular flexibility index (Phi) is 4.39. The second-order valence-electron chi connectivity index (χ2n) is 6.37. The third kappa shape index (κ3) is 3.30. The molecule has 2 heterocycles. The van der Waals surface area contributed by atoms with E-state index < -0.39 is 0 Å². The molecule has 0 aliphatic carbocycles. The Morgan fingerprint density at radius 1 is 1.31 bits per heavy atom. The van der Waals surface area contributed by atoms with Crippen LogP contribution in [0.15, 0.2) is 48.7 Å². The Morgan fingerprint density at radius 3 is 3.04 bits per heavy atom. The fraction of sp³-hybridized carbons (Fsp3) is 0.200. The molecule has 1 N–H and O–H groups in total. The molecule has 0 fully saturated rings. The first kappa shape index (κ1) is 16.7. The van der Waals surface area contributed by atoms with Crippen LogP contribution in [-0.4, -0.2) is 15.7 Å². The standard InChI is InChI=1S/C20H18ClN3O2/c1-13-5-6-18-17(7-13)20-15(12-26-18)10-23-24(20)11-19(25)22-9-14-3-2-4-16(21)8-14/h2-8,10H,9,11-12H2,1H3,(H,22,25). The Labute approximate surface area is 156 Å². The minimum absolute atomic E-state index is 0.100. The van der Waals surface area contributed by atoms with Crippen LogP contribution in [-0.2, 0) is 24.5 Å². The molecule has 0 bridgehead atoms. The number of ether oxygens (including phenoxy) is 1. The Hall–Kier alpha value is -2.79. The molecule has 1 aliphatic rings. The number of benzene rings is 2. The SMILES string of the molecule is Cc1ccc2c(c1)-c1c(cnn1CC(=O)NCc1cccc(Cl)c1)CO2. The van der Waals surface area contributed by atoms with Gasteiger partial charge in [-0.05, 0) is 36.8 Å². The zero-order valence-corrected chi connectivity index (χ0v) is 15.1. The fourth-order valence-electron chi connectivity index (χ4n) is 3.11. The summed E-state index contributed by atoms with van der Waals surface area (Å²) in [5.41, 5.74) is 5.02. The molecule has 0 radical (unpaired) electrons. The van der Waals surface area contributed by atoms with Crippen LogP contribution in [0, 0.1) is 6.92 Å². The molecular formula is C20H18ClN3O2. The van der Waals surface area contributed by atoms with Crippen molar-refractivity contribution in [2.45, 2.75) is 26.6 Å². The van der Waals surface area contributed by atoms with Gasteiger partial charge in [-0.1, -0.05) is 35.4 Å². The highest BCUT2D eigenvalue weighted by molar-refractivity contribution is 6.30. The maximum Gasteiger partial charge on any atom is 0.242 e. The van der Waals surface area contributed by atoms with Crippen molar-refractivity contribution < 1.29 is 9.53 Å². The van der Waals surface area contributed by atoms with Crippen molar-refractivity contribution in [1.82, 2.24) is 15.1 Å². The molecule has 1 aromatic heterocycles. The third-order valence-corrected chi connectivity index (χ3v) is 4.60. The first-order valence-electron chi connectivity index (χ1n) is 8.40. The lowest BCUT2D eigenvalue weighted by molar-refractivity contribution is -0.122. The van der Waals surface area contributed by atoms with E-state index in [4.69, 9.17) is 16.3 Å². The summed E-state index contributed by atoms with van der Waals surface area (Å²) in [5.74, 6) is 0.723. The number of fused-ring (bicyclic) bond motifs is 3. The van der Waals surface area contributed by atoms with Crippen molar-refractivity contribution in [3.05, 3.63) is 70.4 Å². The second-order valence-corrected chi connectivity index (χ2v) is 6.81. The number of aromatic nitrogens is 2. The molecule has 6 heteroatoms. The summed E-state index contributed by atoms with van der Waals surface area (Å²) in [6.45, 7) is 3.09. The molecular weight excluding hydrogens is 350 g/mol. The van der Waals surface area contributed by atoms with Gasteiger partial charge in [0.05, 0.1) is 11.9 Å². The highest BCUT2D eigenvalue weighted by atomic mass is 35.5. The normalized spacial score (nSPS) is 12.1. The van der Waals surface area contributed by atoms with E-state index in [1.54, 1.807) is 10.9 Å². The number of carbonyl (C=O) groups is 1. The Bertz CT molecular complexity index is 981. The third-order valence-electron chi connectivity index (χ3n) is 4.36. The number of hydrogen-bond donors (Lipinski definition) is 1.